The van der Waals surface area contributed by atoms with E-state index in [0.29, 0.717) is 0 Å². The van der Waals surface area contributed by atoms with Crippen LogP contribution >= 0.6 is 0 Å². The van der Waals surface area contributed by atoms with E-state index in [0.717, 1.165) is 16.7 Å². The molecule has 1 atom stereocenters. The van der Waals surface area contributed by atoms with Crippen LogP contribution in [0.1, 0.15) is 22.8 Å². The van der Waals surface area contributed by atoms with Gasteiger partial charge in [-0.3, -0.25) is 4.57 Å². The van der Waals surface area contributed by atoms with Crippen molar-refractivity contribution < 1.29 is 5.11 Å². The second kappa shape index (κ2) is 4.78. The van der Waals surface area contributed by atoms with Crippen molar-refractivity contribution in [2.45, 2.75) is 26.5 Å². The molecule has 0 spiro atoms. The number of aliphatic hydroxyl groups excluding tert-OH is 1. The van der Waals surface area contributed by atoms with E-state index in [4.69, 9.17) is 0 Å². The number of aromatic nitrogens is 3. The van der Waals surface area contributed by atoms with Gasteiger partial charge in [-0.2, -0.15) is 5.10 Å². The molecule has 1 aromatic carbocycles. The predicted molar refractivity (Wildman–Crippen MR) is 68.3 cm³/mol. The van der Waals surface area contributed by atoms with Gasteiger partial charge in [0.1, 0.15) is 6.33 Å². The third-order valence-electron chi connectivity index (χ3n) is 3.02. The molecule has 2 rings (SSSR count). The van der Waals surface area contributed by atoms with Gasteiger partial charge in [-0.25, -0.2) is 9.48 Å². The minimum atomic E-state index is -0.724. The molecule has 5 nitrogen and oxygen atoms in total. The van der Waals surface area contributed by atoms with E-state index in [2.05, 4.69) is 5.10 Å². The van der Waals surface area contributed by atoms with Crippen LogP contribution in [0, 0.1) is 13.8 Å². The van der Waals surface area contributed by atoms with E-state index in [1.54, 1.807) is 7.05 Å². The summed E-state index contributed by atoms with van der Waals surface area (Å²) in [5.74, 6) is 0. The highest BCUT2D eigenvalue weighted by molar-refractivity contribution is 5.31. The summed E-state index contributed by atoms with van der Waals surface area (Å²) in [4.78, 5) is 11.6. The van der Waals surface area contributed by atoms with E-state index >= 15 is 0 Å². The van der Waals surface area contributed by atoms with Gasteiger partial charge in [-0.05, 0) is 25.0 Å². The fraction of sp³-hybridized carbons (Fsp3) is 0.385. The first kappa shape index (κ1) is 12.6. The lowest BCUT2D eigenvalue weighted by Crippen LogP contribution is -2.25. The molecule has 0 saturated carbocycles. The molecule has 1 aromatic heterocycles. The quantitative estimate of drug-likeness (QED) is 0.877. The minimum Gasteiger partial charge on any atom is -0.386 e. The average Bonchev–Trinajstić information content (AvgIpc) is 2.61. The standard InChI is InChI=1S/C13H17N3O2/c1-9-4-5-11(10(2)6-9)12(17)7-16-13(18)15(3)8-14-16/h4-6,8,12,17H,7H2,1-3H3. The van der Waals surface area contributed by atoms with Crippen LogP contribution in [0.3, 0.4) is 0 Å². The first-order chi connectivity index (χ1) is 8.49. The largest absolute Gasteiger partial charge is 0.386 e. The van der Waals surface area contributed by atoms with Crippen molar-refractivity contribution in [2.24, 2.45) is 7.05 Å². The Labute approximate surface area is 105 Å². The lowest BCUT2D eigenvalue weighted by atomic mass is 10.0. The highest BCUT2D eigenvalue weighted by Crippen LogP contribution is 2.19. The number of hydrogen-bond acceptors (Lipinski definition) is 3. The smallest absolute Gasteiger partial charge is 0.345 e. The van der Waals surface area contributed by atoms with Gasteiger partial charge in [0.15, 0.2) is 0 Å². The summed E-state index contributed by atoms with van der Waals surface area (Å²) in [5.41, 5.74) is 2.78. The van der Waals surface area contributed by atoms with Crippen LogP contribution in [0.4, 0.5) is 0 Å². The monoisotopic (exact) mass is 247 g/mol. The summed E-state index contributed by atoms with van der Waals surface area (Å²) < 4.78 is 2.65. The van der Waals surface area contributed by atoms with E-state index in [-0.39, 0.29) is 12.2 Å². The Morgan fingerprint density at radius 3 is 2.67 bits per heavy atom. The molecular weight excluding hydrogens is 230 g/mol. The van der Waals surface area contributed by atoms with Gasteiger partial charge in [0.25, 0.3) is 0 Å². The van der Waals surface area contributed by atoms with Crippen LogP contribution in [-0.2, 0) is 13.6 Å². The molecule has 1 N–H and O–H groups in total. The highest BCUT2D eigenvalue weighted by Gasteiger charge is 2.13. The molecule has 0 amide bonds. The Balaban J connectivity index is 2.24. The number of rotatable bonds is 3. The van der Waals surface area contributed by atoms with Crippen LogP contribution in [0.5, 0.6) is 0 Å². The number of hydrogen-bond donors (Lipinski definition) is 1. The molecule has 0 aliphatic rings. The second-order valence-corrected chi connectivity index (χ2v) is 4.58. The molecule has 0 fully saturated rings. The van der Waals surface area contributed by atoms with E-state index < -0.39 is 6.10 Å². The molecule has 0 aliphatic heterocycles. The summed E-state index contributed by atoms with van der Waals surface area (Å²) in [5, 5.41) is 14.1. The Morgan fingerprint density at radius 2 is 2.11 bits per heavy atom. The average molecular weight is 247 g/mol. The summed E-state index contributed by atoms with van der Waals surface area (Å²) >= 11 is 0. The van der Waals surface area contributed by atoms with Gasteiger partial charge in [-0.1, -0.05) is 23.8 Å². The first-order valence-electron chi connectivity index (χ1n) is 5.82. The summed E-state index contributed by atoms with van der Waals surface area (Å²) in [6, 6.07) is 5.86. The summed E-state index contributed by atoms with van der Waals surface area (Å²) in [6.07, 6.45) is 0.718. The molecule has 0 bridgehead atoms. The van der Waals surface area contributed by atoms with Crippen LogP contribution in [-0.4, -0.2) is 19.5 Å². The normalized spacial score (nSPS) is 12.7. The topological polar surface area (TPSA) is 60.0 Å². The molecule has 1 heterocycles. The van der Waals surface area contributed by atoms with Gasteiger partial charge >= 0.3 is 5.69 Å². The zero-order valence-corrected chi connectivity index (χ0v) is 10.8. The van der Waals surface area contributed by atoms with Gasteiger partial charge < -0.3 is 5.11 Å². The van der Waals surface area contributed by atoms with E-state index in [9.17, 15) is 9.90 Å². The van der Waals surface area contributed by atoms with Crippen molar-refractivity contribution in [2.75, 3.05) is 0 Å². The van der Waals surface area contributed by atoms with E-state index in [1.807, 2.05) is 32.0 Å². The van der Waals surface area contributed by atoms with Crippen molar-refractivity contribution >= 4 is 0 Å². The number of aliphatic hydroxyl groups is 1. The Bertz CT molecular complexity index is 613. The van der Waals surface area contributed by atoms with Gasteiger partial charge in [-0.15, -0.1) is 0 Å². The maximum atomic E-state index is 11.6. The highest BCUT2D eigenvalue weighted by atomic mass is 16.3. The Kier molecular flexibility index (Phi) is 3.34. The molecule has 0 radical (unpaired) electrons. The molecule has 2 aromatic rings. The molecule has 96 valence electrons. The first-order valence-corrected chi connectivity index (χ1v) is 5.82. The number of aryl methyl sites for hydroxylation is 3. The van der Waals surface area contributed by atoms with Gasteiger partial charge in [0.2, 0.25) is 0 Å². The van der Waals surface area contributed by atoms with Crippen LogP contribution in [0.15, 0.2) is 29.3 Å². The SMILES string of the molecule is Cc1ccc(C(O)Cn2ncn(C)c2=O)c(C)c1. The molecule has 0 aliphatic carbocycles. The third kappa shape index (κ3) is 2.36. The molecular formula is C13H17N3O2. The maximum absolute atomic E-state index is 11.6. The fourth-order valence-corrected chi connectivity index (χ4v) is 2.01. The number of benzene rings is 1. The van der Waals surface area contributed by atoms with Crippen molar-refractivity contribution in [3.05, 3.63) is 51.7 Å². The van der Waals surface area contributed by atoms with Crippen molar-refractivity contribution in [1.82, 2.24) is 14.3 Å². The zero-order valence-electron chi connectivity index (χ0n) is 10.8. The van der Waals surface area contributed by atoms with Gasteiger partial charge in [0.05, 0.1) is 12.6 Å². The summed E-state index contributed by atoms with van der Waals surface area (Å²) in [6.45, 7) is 4.13. The van der Waals surface area contributed by atoms with Crippen LogP contribution < -0.4 is 5.69 Å². The lowest BCUT2D eigenvalue weighted by Gasteiger charge is -2.13. The second-order valence-electron chi connectivity index (χ2n) is 4.58. The molecule has 1 unspecified atom stereocenters. The maximum Gasteiger partial charge on any atom is 0.345 e. The molecule has 18 heavy (non-hydrogen) atoms. The van der Waals surface area contributed by atoms with Crippen molar-refractivity contribution in [3.8, 4) is 0 Å². The fourth-order valence-electron chi connectivity index (χ4n) is 2.01. The van der Waals surface area contributed by atoms with Crippen LogP contribution in [0.25, 0.3) is 0 Å². The third-order valence-corrected chi connectivity index (χ3v) is 3.02. The predicted octanol–water partition coefficient (Wildman–Crippen LogP) is 0.932. The summed E-state index contributed by atoms with van der Waals surface area (Å²) in [7, 11) is 1.63. The van der Waals surface area contributed by atoms with Gasteiger partial charge in [0, 0.05) is 7.05 Å². The van der Waals surface area contributed by atoms with Crippen LogP contribution in [0.2, 0.25) is 0 Å². The minimum absolute atomic E-state index is 0.170. The molecule has 0 saturated heterocycles. The molecule has 5 heteroatoms. The zero-order chi connectivity index (χ0) is 13.3. The van der Waals surface area contributed by atoms with Crippen molar-refractivity contribution in [3.63, 3.8) is 0 Å². The van der Waals surface area contributed by atoms with Crippen molar-refractivity contribution in [1.29, 1.82) is 0 Å². The Hall–Kier alpha value is -1.88. The number of nitrogens with zero attached hydrogens (tertiary/aromatic N) is 3. The lowest BCUT2D eigenvalue weighted by molar-refractivity contribution is 0.149. The van der Waals surface area contributed by atoms with E-state index in [1.165, 1.54) is 15.6 Å². The Morgan fingerprint density at radius 1 is 1.39 bits per heavy atom.